The first-order valence-electron chi connectivity index (χ1n) is 8.67. The average molecular weight is 326 g/mol. The number of benzene rings is 2. The molecule has 3 heteroatoms. The molecule has 3 nitrogen and oxygen atoms in total. The van der Waals surface area contributed by atoms with Crippen molar-refractivity contribution in [3.8, 4) is 11.5 Å². The average Bonchev–Trinajstić information content (AvgIpc) is 2.60. The van der Waals surface area contributed by atoms with Gasteiger partial charge in [-0.05, 0) is 24.5 Å². The van der Waals surface area contributed by atoms with Crippen LogP contribution in [0.3, 0.4) is 0 Å². The van der Waals surface area contributed by atoms with Crippen molar-refractivity contribution in [1.82, 2.24) is 0 Å². The van der Waals surface area contributed by atoms with Crippen molar-refractivity contribution in [2.45, 2.75) is 39.5 Å². The van der Waals surface area contributed by atoms with E-state index in [-0.39, 0.29) is 11.5 Å². The van der Waals surface area contributed by atoms with Crippen molar-refractivity contribution in [2.75, 3.05) is 6.61 Å². The van der Waals surface area contributed by atoms with Crippen molar-refractivity contribution < 1.29 is 14.6 Å². The highest BCUT2D eigenvalue weighted by atomic mass is 16.5. The van der Waals surface area contributed by atoms with Gasteiger partial charge in [-0.1, -0.05) is 63.4 Å². The van der Waals surface area contributed by atoms with Crippen LogP contribution in [0.5, 0.6) is 11.5 Å². The molecule has 0 saturated heterocycles. The van der Waals surface area contributed by atoms with Crippen molar-refractivity contribution in [3.63, 3.8) is 0 Å². The SMILES string of the molecule is CCCCC(C)CCOc1ccc(C(=O)c2ccccc2)c(O)c1. The van der Waals surface area contributed by atoms with Crippen molar-refractivity contribution in [1.29, 1.82) is 0 Å². The topological polar surface area (TPSA) is 46.5 Å². The number of hydrogen-bond donors (Lipinski definition) is 1. The first-order valence-corrected chi connectivity index (χ1v) is 8.67. The van der Waals surface area contributed by atoms with Gasteiger partial charge in [0.25, 0.3) is 0 Å². The van der Waals surface area contributed by atoms with E-state index in [1.165, 1.54) is 25.3 Å². The number of carbonyl (C=O) groups excluding carboxylic acids is 1. The van der Waals surface area contributed by atoms with Gasteiger partial charge in [-0.25, -0.2) is 0 Å². The first kappa shape index (κ1) is 18.1. The van der Waals surface area contributed by atoms with Gasteiger partial charge in [0.1, 0.15) is 11.5 Å². The summed E-state index contributed by atoms with van der Waals surface area (Å²) in [6.07, 6.45) is 4.68. The van der Waals surface area contributed by atoms with Gasteiger partial charge in [0.15, 0.2) is 5.78 Å². The molecule has 0 fully saturated rings. The summed E-state index contributed by atoms with van der Waals surface area (Å²) in [4.78, 5) is 12.4. The number of unbranched alkanes of at least 4 members (excludes halogenated alkanes) is 1. The summed E-state index contributed by atoms with van der Waals surface area (Å²) in [7, 11) is 0. The van der Waals surface area contributed by atoms with E-state index in [9.17, 15) is 9.90 Å². The van der Waals surface area contributed by atoms with Gasteiger partial charge in [-0.3, -0.25) is 4.79 Å². The molecule has 0 amide bonds. The number of phenols is 1. The van der Waals surface area contributed by atoms with E-state index >= 15 is 0 Å². The summed E-state index contributed by atoms with van der Waals surface area (Å²) in [5, 5.41) is 10.1. The quantitative estimate of drug-likeness (QED) is 0.643. The summed E-state index contributed by atoms with van der Waals surface area (Å²) in [6.45, 7) is 5.05. The number of ether oxygens (including phenoxy) is 1. The van der Waals surface area contributed by atoms with Crippen LogP contribution < -0.4 is 4.74 Å². The zero-order valence-electron chi connectivity index (χ0n) is 14.5. The van der Waals surface area contributed by atoms with Gasteiger partial charge in [0.2, 0.25) is 0 Å². The molecule has 0 bridgehead atoms. The lowest BCUT2D eigenvalue weighted by atomic mass is 10.0. The Balaban J connectivity index is 1.94. The highest BCUT2D eigenvalue weighted by Gasteiger charge is 2.14. The molecule has 0 aliphatic carbocycles. The van der Waals surface area contributed by atoms with Gasteiger partial charge < -0.3 is 9.84 Å². The predicted molar refractivity (Wildman–Crippen MR) is 96.8 cm³/mol. The molecule has 2 rings (SSSR count). The van der Waals surface area contributed by atoms with Crippen LogP contribution in [0.2, 0.25) is 0 Å². The predicted octanol–water partition coefficient (Wildman–Crippen LogP) is 5.22. The zero-order valence-corrected chi connectivity index (χ0v) is 14.5. The minimum Gasteiger partial charge on any atom is -0.507 e. The molecule has 0 heterocycles. The van der Waals surface area contributed by atoms with E-state index in [0.717, 1.165) is 6.42 Å². The van der Waals surface area contributed by atoms with Crippen molar-refractivity contribution in [2.24, 2.45) is 5.92 Å². The molecule has 0 spiro atoms. The maximum absolute atomic E-state index is 12.4. The number of hydrogen-bond acceptors (Lipinski definition) is 3. The molecule has 0 aliphatic rings. The van der Waals surface area contributed by atoms with E-state index < -0.39 is 0 Å². The second kappa shape index (κ2) is 9.11. The summed E-state index contributed by atoms with van der Waals surface area (Å²) in [5.41, 5.74) is 0.857. The highest BCUT2D eigenvalue weighted by Crippen LogP contribution is 2.26. The van der Waals surface area contributed by atoms with Crippen LogP contribution in [0, 0.1) is 5.92 Å². The Kier molecular flexibility index (Phi) is 6.86. The Bertz CT molecular complexity index is 649. The monoisotopic (exact) mass is 326 g/mol. The molecule has 128 valence electrons. The second-order valence-corrected chi connectivity index (χ2v) is 6.26. The van der Waals surface area contributed by atoms with Gasteiger partial charge in [-0.2, -0.15) is 0 Å². The lowest BCUT2D eigenvalue weighted by molar-refractivity contribution is 0.103. The molecule has 2 aromatic carbocycles. The summed E-state index contributed by atoms with van der Waals surface area (Å²) >= 11 is 0. The first-order chi connectivity index (χ1) is 11.6. The standard InChI is InChI=1S/C21H26O3/c1-3-4-8-16(2)13-14-24-18-11-12-19(20(22)15-18)21(23)17-9-6-5-7-10-17/h5-7,9-12,15-16,22H,3-4,8,13-14H2,1-2H3. The lowest BCUT2D eigenvalue weighted by Crippen LogP contribution is -2.05. The third-order valence-corrected chi connectivity index (χ3v) is 4.18. The number of aromatic hydroxyl groups is 1. The molecule has 1 unspecified atom stereocenters. The summed E-state index contributed by atoms with van der Waals surface area (Å²) in [6, 6.07) is 13.8. The molecule has 0 aromatic heterocycles. The normalized spacial score (nSPS) is 11.9. The Morgan fingerprint density at radius 2 is 1.88 bits per heavy atom. The molecule has 24 heavy (non-hydrogen) atoms. The lowest BCUT2D eigenvalue weighted by Gasteiger charge is -2.12. The van der Waals surface area contributed by atoms with Crippen LogP contribution in [0.4, 0.5) is 0 Å². The Morgan fingerprint density at radius 3 is 2.54 bits per heavy atom. The van der Waals surface area contributed by atoms with Crippen molar-refractivity contribution >= 4 is 5.78 Å². The number of phenolic OH excluding ortho intramolecular Hbond substituents is 1. The largest absolute Gasteiger partial charge is 0.507 e. The minimum atomic E-state index is -0.187. The van der Waals surface area contributed by atoms with Crippen LogP contribution in [-0.4, -0.2) is 17.5 Å². The number of carbonyl (C=O) groups is 1. The van der Waals surface area contributed by atoms with E-state index in [2.05, 4.69) is 13.8 Å². The van der Waals surface area contributed by atoms with Gasteiger partial charge in [0, 0.05) is 11.6 Å². The Labute approximate surface area is 144 Å². The second-order valence-electron chi connectivity index (χ2n) is 6.26. The molecule has 1 atom stereocenters. The van der Waals surface area contributed by atoms with E-state index in [1.807, 2.05) is 18.2 Å². The third-order valence-electron chi connectivity index (χ3n) is 4.18. The molecule has 0 radical (unpaired) electrons. The third kappa shape index (κ3) is 5.12. The zero-order chi connectivity index (χ0) is 17.4. The smallest absolute Gasteiger partial charge is 0.196 e. The van der Waals surface area contributed by atoms with Crippen molar-refractivity contribution in [3.05, 3.63) is 59.7 Å². The maximum atomic E-state index is 12.4. The Morgan fingerprint density at radius 1 is 1.12 bits per heavy atom. The van der Waals surface area contributed by atoms with Gasteiger partial charge in [0.05, 0.1) is 12.2 Å². The summed E-state index contributed by atoms with van der Waals surface area (Å²) < 4.78 is 5.71. The fraction of sp³-hybridized carbons (Fsp3) is 0.381. The van der Waals surface area contributed by atoms with Crippen LogP contribution in [0.25, 0.3) is 0 Å². The van der Waals surface area contributed by atoms with Crippen LogP contribution in [-0.2, 0) is 0 Å². The van der Waals surface area contributed by atoms with E-state index in [1.54, 1.807) is 24.3 Å². The van der Waals surface area contributed by atoms with Gasteiger partial charge >= 0.3 is 0 Å². The molecule has 1 N–H and O–H groups in total. The fourth-order valence-electron chi connectivity index (χ4n) is 2.61. The van der Waals surface area contributed by atoms with Crippen LogP contribution in [0.15, 0.2) is 48.5 Å². The molecular weight excluding hydrogens is 300 g/mol. The molecule has 2 aromatic rings. The fourth-order valence-corrected chi connectivity index (χ4v) is 2.61. The van der Waals surface area contributed by atoms with Crippen LogP contribution in [0.1, 0.15) is 55.5 Å². The van der Waals surface area contributed by atoms with E-state index in [4.69, 9.17) is 4.74 Å². The Hall–Kier alpha value is -2.29. The van der Waals surface area contributed by atoms with E-state index in [0.29, 0.717) is 29.4 Å². The number of rotatable bonds is 9. The van der Waals surface area contributed by atoms with Crippen LogP contribution >= 0.6 is 0 Å². The minimum absolute atomic E-state index is 0.0413. The highest BCUT2D eigenvalue weighted by molar-refractivity contribution is 6.10. The number of ketones is 1. The molecular formula is C21H26O3. The summed E-state index contributed by atoms with van der Waals surface area (Å²) in [5.74, 6) is 1.01. The maximum Gasteiger partial charge on any atom is 0.196 e. The molecule has 0 aliphatic heterocycles. The van der Waals surface area contributed by atoms with Gasteiger partial charge in [-0.15, -0.1) is 0 Å². The molecule has 0 saturated carbocycles.